The lowest BCUT2D eigenvalue weighted by molar-refractivity contribution is -0.116. The molecule has 2 aromatic rings. The number of anilines is 1. The topological polar surface area (TPSA) is 83.6 Å². The molecule has 132 valence electrons. The Morgan fingerprint density at radius 1 is 0.923 bits per heavy atom. The molecule has 0 fully saturated rings. The number of hydrogen-bond acceptors (Lipinski definition) is 4. The smallest absolute Gasteiger partial charge is 0.261 e. The number of fused-ring (bicyclic) bond motifs is 1. The molecule has 1 heterocycles. The molecule has 2 aromatic carbocycles. The minimum atomic E-state index is -0.326. The number of amides is 3. The number of ketones is 1. The van der Waals surface area contributed by atoms with Crippen molar-refractivity contribution in [3.05, 3.63) is 65.2 Å². The zero-order valence-electron chi connectivity index (χ0n) is 14.3. The molecular weight excluding hydrogens is 332 g/mol. The highest BCUT2D eigenvalue weighted by Gasteiger charge is 2.34. The van der Waals surface area contributed by atoms with Crippen LogP contribution >= 0.6 is 0 Å². The summed E-state index contributed by atoms with van der Waals surface area (Å²) in [6.45, 7) is 1.61. The summed E-state index contributed by atoms with van der Waals surface area (Å²) >= 11 is 0. The van der Waals surface area contributed by atoms with Gasteiger partial charge in [0.25, 0.3) is 11.8 Å². The van der Waals surface area contributed by atoms with Gasteiger partial charge in [0.05, 0.1) is 16.8 Å². The van der Waals surface area contributed by atoms with E-state index in [0.29, 0.717) is 28.8 Å². The number of nitrogens with zero attached hydrogens (tertiary/aromatic N) is 1. The Morgan fingerprint density at radius 3 is 2.12 bits per heavy atom. The number of imide groups is 1. The lowest BCUT2D eigenvalue weighted by Crippen LogP contribution is -2.31. The Hall–Kier alpha value is -3.28. The van der Waals surface area contributed by atoms with E-state index in [1.807, 2.05) is 0 Å². The Balaban J connectivity index is 1.56. The first kappa shape index (κ1) is 17.5. The van der Waals surface area contributed by atoms with Crippen LogP contribution in [0.4, 0.5) is 5.69 Å². The van der Waals surface area contributed by atoms with E-state index in [1.54, 1.807) is 48.5 Å². The van der Waals surface area contributed by atoms with Gasteiger partial charge in [0.2, 0.25) is 5.91 Å². The average molecular weight is 350 g/mol. The summed E-state index contributed by atoms with van der Waals surface area (Å²) in [4.78, 5) is 49.4. The van der Waals surface area contributed by atoms with Crippen LogP contribution in [0.15, 0.2) is 48.5 Å². The van der Waals surface area contributed by atoms with Crippen molar-refractivity contribution in [3.8, 4) is 0 Å². The average Bonchev–Trinajstić information content (AvgIpc) is 2.87. The van der Waals surface area contributed by atoms with Gasteiger partial charge < -0.3 is 5.32 Å². The molecule has 1 aliphatic rings. The second kappa shape index (κ2) is 7.31. The van der Waals surface area contributed by atoms with Crippen LogP contribution in [0.25, 0.3) is 0 Å². The highest BCUT2D eigenvalue weighted by atomic mass is 16.2. The van der Waals surface area contributed by atoms with E-state index in [-0.39, 0.29) is 36.5 Å². The fraction of sp³-hybridized carbons (Fsp3) is 0.200. The van der Waals surface area contributed by atoms with E-state index in [0.717, 1.165) is 0 Å². The van der Waals surface area contributed by atoms with Crippen molar-refractivity contribution in [1.82, 2.24) is 4.90 Å². The van der Waals surface area contributed by atoms with Crippen LogP contribution in [0.2, 0.25) is 0 Å². The number of rotatable bonds is 6. The van der Waals surface area contributed by atoms with Gasteiger partial charge in [-0.2, -0.15) is 0 Å². The number of carbonyl (C=O) groups is 4. The lowest BCUT2D eigenvalue weighted by Gasteiger charge is -2.14. The van der Waals surface area contributed by atoms with Crippen LogP contribution in [0.5, 0.6) is 0 Å². The molecule has 0 aromatic heterocycles. The largest absolute Gasteiger partial charge is 0.325 e. The van der Waals surface area contributed by atoms with Crippen molar-refractivity contribution in [1.29, 1.82) is 0 Å². The summed E-state index contributed by atoms with van der Waals surface area (Å²) in [5, 5.41) is 2.71. The van der Waals surface area contributed by atoms with Crippen molar-refractivity contribution in [2.45, 2.75) is 19.8 Å². The first-order valence-corrected chi connectivity index (χ1v) is 8.34. The van der Waals surface area contributed by atoms with Gasteiger partial charge in [-0.3, -0.25) is 24.1 Å². The molecule has 1 aliphatic heterocycles. The Bertz CT molecular complexity index is 869. The molecule has 3 rings (SSSR count). The van der Waals surface area contributed by atoms with Gasteiger partial charge in [0, 0.05) is 18.5 Å². The molecule has 1 N–H and O–H groups in total. The third kappa shape index (κ3) is 3.39. The molecule has 6 nitrogen and oxygen atoms in total. The predicted octanol–water partition coefficient (Wildman–Crippen LogP) is 2.90. The van der Waals surface area contributed by atoms with Crippen LogP contribution in [-0.2, 0) is 4.79 Å². The maximum Gasteiger partial charge on any atom is 0.261 e. The summed E-state index contributed by atoms with van der Waals surface area (Å²) in [7, 11) is 0. The van der Waals surface area contributed by atoms with Gasteiger partial charge >= 0.3 is 0 Å². The maximum absolute atomic E-state index is 12.3. The first-order valence-electron chi connectivity index (χ1n) is 8.34. The van der Waals surface area contributed by atoms with Gasteiger partial charge in [-0.05, 0) is 37.6 Å². The molecule has 0 aliphatic carbocycles. The number of Topliss-reactive ketones (excluding diaryl/α,β-unsaturated/α-hetero) is 1. The standard InChI is InChI=1S/C20H18N2O4/c1-13(23)14-7-4-5-10-17(14)21-18(24)11-6-12-22-19(25)15-8-2-3-9-16(15)20(22)26/h2-5,7-10H,6,11-12H2,1H3,(H,21,24). The second-order valence-corrected chi connectivity index (χ2v) is 6.06. The van der Waals surface area contributed by atoms with Gasteiger partial charge in [-0.1, -0.05) is 24.3 Å². The molecule has 0 spiro atoms. The zero-order chi connectivity index (χ0) is 18.7. The molecular formula is C20H18N2O4. The molecule has 0 unspecified atom stereocenters. The highest BCUT2D eigenvalue weighted by Crippen LogP contribution is 2.23. The van der Waals surface area contributed by atoms with E-state index in [1.165, 1.54) is 11.8 Å². The van der Waals surface area contributed by atoms with Gasteiger partial charge in [-0.15, -0.1) is 0 Å². The van der Waals surface area contributed by atoms with E-state index in [4.69, 9.17) is 0 Å². The molecule has 3 amide bonds. The van der Waals surface area contributed by atoms with E-state index >= 15 is 0 Å². The highest BCUT2D eigenvalue weighted by molar-refractivity contribution is 6.21. The summed E-state index contributed by atoms with van der Waals surface area (Å²) in [6, 6.07) is 13.5. The quantitative estimate of drug-likeness (QED) is 0.641. The number of benzene rings is 2. The van der Waals surface area contributed by atoms with Gasteiger partial charge in [0.1, 0.15) is 0 Å². The van der Waals surface area contributed by atoms with Crippen LogP contribution in [0.3, 0.4) is 0 Å². The SMILES string of the molecule is CC(=O)c1ccccc1NC(=O)CCCN1C(=O)c2ccccc2C1=O. The van der Waals surface area contributed by atoms with Crippen LogP contribution in [-0.4, -0.2) is 34.9 Å². The van der Waals surface area contributed by atoms with Gasteiger partial charge in [-0.25, -0.2) is 0 Å². The molecule has 0 bridgehead atoms. The van der Waals surface area contributed by atoms with E-state index in [2.05, 4.69) is 5.32 Å². The molecule has 6 heteroatoms. The van der Waals surface area contributed by atoms with Crippen molar-refractivity contribution in [2.75, 3.05) is 11.9 Å². The molecule has 0 atom stereocenters. The van der Waals surface area contributed by atoms with Crippen molar-refractivity contribution >= 4 is 29.2 Å². The van der Waals surface area contributed by atoms with E-state index in [9.17, 15) is 19.2 Å². The molecule has 26 heavy (non-hydrogen) atoms. The Morgan fingerprint density at radius 2 is 1.50 bits per heavy atom. The van der Waals surface area contributed by atoms with Crippen LogP contribution < -0.4 is 5.32 Å². The molecule has 0 radical (unpaired) electrons. The zero-order valence-corrected chi connectivity index (χ0v) is 14.3. The van der Waals surface area contributed by atoms with E-state index < -0.39 is 0 Å². The number of nitrogens with one attached hydrogen (secondary N) is 1. The summed E-state index contributed by atoms with van der Waals surface area (Å²) in [6.07, 6.45) is 0.485. The summed E-state index contributed by atoms with van der Waals surface area (Å²) < 4.78 is 0. The maximum atomic E-state index is 12.3. The third-order valence-electron chi connectivity index (χ3n) is 4.24. The van der Waals surface area contributed by atoms with Crippen LogP contribution in [0.1, 0.15) is 50.8 Å². The Labute approximate surface area is 150 Å². The second-order valence-electron chi connectivity index (χ2n) is 6.06. The number of carbonyl (C=O) groups excluding carboxylic acids is 4. The summed E-state index contributed by atoms with van der Waals surface area (Å²) in [5.41, 5.74) is 1.71. The fourth-order valence-electron chi connectivity index (χ4n) is 2.95. The predicted molar refractivity (Wildman–Crippen MR) is 96.1 cm³/mol. The van der Waals surface area contributed by atoms with Crippen LogP contribution in [0, 0.1) is 0 Å². The van der Waals surface area contributed by atoms with Gasteiger partial charge in [0.15, 0.2) is 5.78 Å². The third-order valence-corrected chi connectivity index (χ3v) is 4.24. The monoisotopic (exact) mass is 350 g/mol. The minimum Gasteiger partial charge on any atom is -0.325 e. The summed E-state index contributed by atoms with van der Waals surface area (Å²) in [5.74, 6) is -1.05. The van der Waals surface area contributed by atoms with Crippen molar-refractivity contribution < 1.29 is 19.2 Å². The minimum absolute atomic E-state index is 0.132. The van der Waals surface area contributed by atoms with Crippen molar-refractivity contribution in [2.24, 2.45) is 0 Å². The molecule has 0 saturated carbocycles. The number of hydrogen-bond donors (Lipinski definition) is 1. The van der Waals surface area contributed by atoms with Crippen molar-refractivity contribution in [3.63, 3.8) is 0 Å². The Kier molecular flexibility index (Phi) is 4.93. The molecule has 0 saturated heterocycles. The normalized spacial score (nSPS) is 12.9. The lowest BCUT2D eigenvalue weighted by atomic mass is 10.1. The fourth-order valence-corrected chi connectivity index (χ4v) is 2.95. The first-order chi connectivity index (χ1) is 12.5. The number of para-hydroxylation sites is 1.